The van der Waals surface area contributed by atoms with E-state index in [9.17, 15) is 8.78 Å². The quantitative estimate of drug-likeness (QED) is 0.697. The van der Waals surface area contributed by atoms with E-state index in [-0.39, 0.29) is 5.56 Å². The minimum Gasteiger partial charge on any atom is -0.486 e. The van der Waals surface area contributed by atoms with Crippen molar-refractivity contribution in [2.24, 2.45) is 0 Å². The second-order valence-corrected chi connectivity index (χ2v) is 5.84. The molecule has 1 atom stereocenters. The van der Waals surface area contributed by atoms with E-state index in [1.54, 1.807) is 12.1 Å². The first-order chi connectivity index (χ1) is 10.1. The summed E-state index contributed by atoms with van der Waals surface area (Å²) in [4.78, 5) is -0.720. The first-order valence-corrected chi connectivity index (χ1v) is 7.54. The summed E-state index contributed by atoms with van der Waals surface area (Å²) in [6, 6.07) is 6.97. The zero-order valence-corrected chi connectivity index (χ0v) is 13.0. The van der Waals surface area contributed by atoms with Gasteiger partial charge in [0.25, 0.3) is 0 Å². The van der Waals surface area contributed by atoms with Crippen molar-refractivity contribution in [1.29, 1.82) is 0 Å². The van der Waals surface area contributed by atoms with Gasteiger partial charge in [0.05, 0.1) is 4.83 Å². The van der Waals surface area contributed by atoms with E-state index in [0.29, 0.717) is 35.3 Å². The van der Waals surface area contributed by atoms with Crippen molar-refractivity contribution in [2.75, 3.05) is 13.2 Å². The Kier molecular flexibility index (Phi) is 4.04. The van der Waals surface area contributed by atoms with Crippen LogP contribution in [-0.2, 0) is 0 Å². The predicted molar refractivity (Wildman–Crippen MR) is 79.6 cm³/mol. The first kappa shape index (κ1) is 14.6. The Labute approximate surface area is 133 Å². The number of ether oxygens (including phenoxy) is 2. The van der Waals surface area contributed by atoms with Crippen LogP contribution >= 0.6 is 27.5 Å². The number of hydrogen-bond acceptors (Lipinski definition) is 2. The summed E-state index contributed by atoms with van der Waals surface area (Å²) < 4.78 is 38.7. The second kappa shape index (κ2) is 5.81. The molecule has 0 bridgehead atoms. The van der Waals surface area contributed by atoms with Gasteiger partial charge in [0.15, 0.2) is 11.5 Å². The third kappa shape index (κ3) is 2.72. The van der Waals surface area contributed by atoms with Gasteiger partial charge in [-0.05, 0) is 23.8 Å². The molecule has 0 aromatic heterocycles. The number of rotatable bonds is 2. The molecule has 0 spiro atoms. The van der Waals surface area contributed by atoms with Crippen molar-refractivity contribution in [2.45, 2.75) is 4.83 Å². The van der Waals surface area contributed by atoms with Gasteiger partial charge in [-0.3, -0.25) is 0 Å². The lowest BCUT2D eigenvalue weighted by molar-refractivity contribution is 0.171. The molecule has 0 aliphatic carbocycles. The maximum absolute atomic E-state index is 13.9. The molecule has 2 nitrogen and oxygen atoms in total. The van der Waals surface area contributed by atoms with E-state index in [4.69, 9.17) is 21.1 Å². The second-order valence-electron chi connectivity index (χ2n) is 4.52. The van der Waals surface area contributed by atoms with Gasteiger partial charge in [-0.1, -0.05) is 33.6 Å². The fourth-order valence-electron chi connectivity index (χ4n) is 2.18. The van der Waals surface area contributed by atoms with Crippen LogP contribution < -0.4 is 9.47 Å². The van der Waals surface area contributed by atoms with Crippen molar-refractivity contribution < 1.29 is 18.3 Å². The van der Waals surface area contributed by atoms with E-state index in [1.807, 2.05) is 0 Å². The van der Waals surface area contributed by atoms with E-state index >= 15 is 0 Å². The van der Waals surface area contributed by atoms with E-state index < -0.39 is 16.5 Å². The molecule has 0 saturated carbocycles. The maximum Gasteiger partial charge on any atom is 0.162 e. The summed E-state index contributed by atoms with van der Waals surface area (Å²) in [5.41, 5.74) is 0.431. The highest BCUT2D eigenvalue weighted by atomic mass is 79.9. The Bertz CT molecular complexity index is 673. The number of fused-ring (bicyclic) bond motifs is 1. The molecule has 1 heterocycles. The van der Waals surface area contributed by atoms with Crippen LogP contribution in [0.2, 0.25) is 5.02 Å². The molecule has 6 heteroatoms. The van der Waals surface area contributed by atoms with Crippen LogP contribution in [0.15, 0.2) is 30.3 Å². The Morgan fingerprint density at radius 2 is 1.62 bits per heavy atom. The van der Waals surface area contributed by atoms with Crippen molar-refractivity contribution in [3.63, 3.8) is 0 Å². The third-order valence-electron chi connectivity index (χ3n) is 3.19. The summed E-state index contributed by atoms with van der Waals surface area (Å²) in [5, 5.41) is 0.351. The van der Waals surface area contributed by atoms with Gasteiger partial charge in [-0.2, -0.15) is 0 Å². The summed E-state index contributed by atoms with van der Waals surface area (Å²) in [5.74, 6) is -0.226. The Hall–Kier alpha value is -1.33. The van der Waals surface area contributed by atoms with Gasteiger partial charge in [0.2, 0.25) is 0 Å². The third-order valence-corrected chi connectivity index (χ3v) is 4.47. The normalized spacial score (nSPS) is 14.9. The zero-order valence-electron chi connectivity index (χ0n) is 10.7. The number of alkyl halides is 1. The molecule has 1 aliphatic heterocycles. The Balaban J connectivity index is 2.07. The highest BCUT2D eigenvalue weighted by Crippen LogP contribution is 2.43. The molecule has 0 radical (unpaired) electrons. The van der Waals surface area contributed by atoms with Crippen LogP contribution in [-0.4, -0.2) is 13.2 Å². The van der Waals surface area contributed by atoms with Crippen LogP contribution in [0.3, 0.4) is 0 Å². The van der Waals surface area contributed by atoms with Crippen molar-refractivity contribution >= 4 is 27.5 Å². The van der Waals surface area contributed by atoms with Gasteiger partial charge in [-0.25, -0.2) is 8.78 Å². The molecular formula is C15H10BrClF2O2. The summed E-state index contributed by atoms with van der Waals surface area (Å²) in [7, 11) is 0. The van der Waals surface area contributed by atoms with Crippen LogP contribution in [0, 0.1) is 11.6 Å². The minimum absolute atomic E-state index is 0.0870. The lowest BCUT2D eigenvalue weighted by Crippen LogP contribution is -2.15. The number of halogens is 4. The lowest BCUT2D eigenvalue weighted by atomic mass is 10.0. The predicted octanol–water partition coefficient (Wildman–Crippen LogP) is 4.87. The van der Waals surface area contributed by atoms with Gasteiger partial charge in [0, 0.05) is 16.7 Å². The van der Waals surface area contributed by atoms with Gasteiger partial charge >= 0.3 is 0 Å². The van der Waals surface area contributed by atoms with E-state index in [0.717, 1.165) is 0 Å². The van der Waals surface area contributed by atoms with Gasteiger partial charge in [-0.15, -0.1) is 0 Å². The summed E-state index contributed by atoms with van der Waals surface area (Å²) >= 11 is 9.51. The molecule has 0 fully saturated rings. The average molecular weight is 376 g/mol. The van der Waals surface area contributed by atoms with Gasteiger partial charge < -0.3 is 9.47 Å². The minimum atomic E-state index is -0.720. The standard InChI is InChI=1S/C15H10BrClF2O2/c16-15(14-10(18)2-1-3-11(14)19)8-6-12-13(7-9(8)17)21-5-4-20-12/h1-3,6-7,15H,4-5H2. The van der Waals surface area contributed by atoms with Crippen molar-refractivity contribution in [3.8, 4) is 11.5 Å². The summed E-state index contributed by atoms with van der Waals surface area (Å²) in [6.45, 7) is 0.872. The summed E-state index contributed by atoms with van der Waals surface area (Å²) in [6.07, 6.45) is 0. The van der Waals surface area contributed by atoms with E-state index in [1.165, 1.54) is 18.2 Å². The van der Waals surface area contributed by atoms with Crippen molar-refractivity contribution in [3.05, 3.63) is 58.1 Å². The first-order valence-electron chi connectivity index (χ1n) is 6.25. The molecule has 0 saturated heterocycles. The fraction of sp³-hybridized carbons (Fsp3) is 0.200. The molecule has 2 aromatic carbocycles. The fourth-order valence-corrected chi connectivity index (χ4v) is 3.39. The van der Waals surface area contributed by atoms with Crippen LogP contribution in [0.25, 0.3) is 0 Å². The highest BCUT2D eigenvalue weighted by molar-refractivity contribution is 9.09. The lowest BCUT2D eigenvalue weighted by Gasteiger charge is -2.21. The average Bonchev–Trinajstić information content (AvgIpc) is 2.46. The molecular weight excluding hydrogens is 366 g/mol. The van der Waals surface area contributed by atoms with Crippen LogP contribution in [0.1, 0.15) is 16.0 Å². The van der Waals surface area contributed by atoms with Gasteiger partial charge in [0.1, 0.15) is 24.8 Å². The molecule has 1 unspecified atom stereocenters. The number of hydrogen-bond donors (Lipinski definition) is 0. The molecule has 21 heavy (non-hydrogen) atoms. The zero-order chi connectivity index (χ0) is 15.0. The number of benzene rings is 2. The molecule has 0 N–H and O–H groups in total. The molecule has 0 amide bonds. The van der Waals surface area contributed by atoms with Crippen LogP contribution in [0.4, 0.5) is 8.78 Å². The molecule has 110 valence electrons. The van der Waals surface area contributed by atoms with Crippen LogP contribution in [0.5, 0.6) is 11.5 Å². The monoisotopic (exact) mass is 374 g/mol. The SMILES string of the molecule is Fc1cccc(F)c1C(Br)c1cc2c(cc1Cl)OCCO2. The van der Waals surface area contributed by atoms with E-state index in [2.05, 4.69) is 15.9 Å². The Morgan fingerprint density at radius 3 is 2.24 bits per heavy atom. The molecule has 1 aliphatic rings. The molecule has 3 rings (SSSR count). The highest BCUT2D eigenvalue weighted by Gasteiger charge is 2.24. The maximum atomic E-state index is 13.9. The molecule has 2 aromatic rings. The Morgan fingerprint density at radius 1 is 1.05 bits per heavy atom. The smallest absolute Gasteiger partial charge is 0.162 e. The topological polar surface area (TPSA) is 18.5 Å². The largest absolute Gasteiger partial charge is 0.486 e. The van der Waals surface area contributed by atoms with Crippen molar-refractivity contribution in [1.82, 2.24) is 0 Å².